The van der Waals surface area contributed by atoms with Crippen molar-refractivity contribution in [2.45, 2.75) is 25.4 Å². The van der Waals surface area contributed by atoms with E-state index in [2.05, 4.69) is 20.9 Å². The van der Waals surface area contributed by atoms with Crippen LogP contribution in [0.15, 0.2) is 84.9 Å². The molecule has 3 N–H and O–H groups in total. The molecule has 3 amide bonds. The summed E-state index contributed by atoms with van der Waals surface area (Å²) in [6, 6.07) is 27.6. The third-order valence-corrected chi connectivity index (χ3v) is 5.88. The van der Waals surface area contributed by atoms with Crippen molar-refractivity contribution < 1.29 is 9.59 Å². The van der Waals surface area contributed by atoms with Gasteiger partial charge < -0.3 is 16.0 Å². The van der Waals surface area contributed by atoms with Gasteiger partial charge in [0, 0.05) is 31.2 Å². The second-order valence-corrected chi connectivity index (χ2v) is 8.32. The number of benzene rings is 3. The summed E-state index contributed by atoms with van der Waals surface area (Å²) >= 11 is 0. The number of nitrogens with zero attached hydrogens (tertiary/aromatic N) is 1. The van der Waals surface area contributed by atoms with Crippen molar-refractivity contribution in [3.05, 3.63) is 90.5 Å². The quantitative estimate of drug-likeness (QED) is 0.512. The van der Waals surface area contributed by atoms with E-state index in [1.54, 1.807) is 0 Å². The Labute approximate surface area is 195 Å². The second-order valence-electron chi connectivity index (χ2n) is 8.32. The number of hydrogen-bond acceptors (Lipinski definition) is 3. The SMILES string of the molecule is O=C(CN1CCC(NC(=O)Nc2ccccc2-c2ccccc2)CC1)NCc1ccccc1. The van der Waals surface area contributed by atoms with Crippen LogP contribution < -0.4 is 16.0 Å². The molecular weight excluding hydrogens is 412 g/mol. The third-order valence-electron chi connectivity index (χ3n) is 5.88. The van der Waals surface area contributed by atoms with Crippen LogP contribution in [0.4, 0.5) is 10.5 Å². The van der Waals surface area contributed by atoms with Crippen LogP contribution in [-0.2, 0) is 11.3 Å². The van der Waals surface area contributed by atoms with Crippen LogP contribution in [0.1, 0.15) is 18.4 Å². The lowest BCUT2D eigenvalue weighted by atomic mass is 10.0. The first kappa shape index (κ1) is 22.6. The number of carbonyl (C=O) groups excluding carboxylic acids is 2. The minimum absolute atomic E-state index is 0.0283. The zero-order valence-electron chi connectivity index (χ0n) is 18.7. The number of anilines is 1. The maximum atomic E-state index is 12.6. The molecular formula is C27H30N4O2. The zero-order chi connectivity index (χ0) is 22.9. The molecule has 4 rings (SSSR count). The van der Waals surface area contributed by atoms with Crippen molar-refractivity contribution in [2.24, 2.45) is 0 Å². The molecule has 6 heteroatoms. The summed E-state index contributed by atoms with van der Waals surface area (Å²) in [5.41, 5.74) is 3.93. The molecule has 1 aliphatic rings. The minimum atomic E-state index is -0.197. The molecule has 0 radical (unpaired) electrons. The lowest BCUT2D eigenvalue weighted by Crippen LogP contribution is -2.48. The number of nitrogens with one attached hydrogen (secondary N) is 3. The summed E-state index contributed by atoms with van der Waals surface area (Å²) in [4.78, 5) is 27.0. The average molecular weight is 443 g/mol. The molecule has 0 saturated carbocycles. The Morgan fingerprint density at radius 2 is 1.45 bits per heavy atom. The number of piperidine rings is 1. The van der Waals surface area contributed by atoms with Gasteiger partial charge in [-0.25, -0.2) is 4.79 Å². The molecule has 1 aliphatic heterocycles. The van der Waals surface area contributed by atoms with Crippen molar-refractivity contribution in [1.82, 2.24) is 15.5 Å². The van der Waals surface area contributed by atoms with Crippen molar-refractivity contribution in [3.8, 4) is 11.1 Å². The normalized spacial score (nSPS) is 14.4. The number of hydrogen-bond donors (Lipinski definition) is 3. The van der Waals surface area contributed by atoms with Gasteiger partial charge in [-0.05, 0) is 30.0 Å². The molecule has 0 bridgehead atoms. The van der Waals surface area contributed by atoms with Gasteiger partial charge in [0.25, 0.3) is 0 Å². The molecule has 33 heavy (non-hydrogen) atoms. The Kier molecular flexibility index (Phi) is 7.72. The van der Waals surface area contributed by atoms with E-state index in [1.807, 2.05) is 84.9 Å². The molecule has 1 fully saturated rings. The average Bonchev–Trinajstić information content (AvgIpc) is 2.85. The molecule has 0 atom stereocenters. The van der Waals surface area contributed by atoms with E-state index >= 15 is 0 Å². The maximum Gasteiger partial charge on any atom is 0.319 e. The fraction of sp³-hybridized carbons (Fsp3) is 0.259. The minimum Gasteiger partial charge on any atom is -0.351 e. The van der Waals surface area contributed by atoms with Crippen molar-refractivity contribution in [2.75, 3.05) is 25.0 Å². The first-order valence-electron chi connectivity index (χ1n) is 11.4. The topological polar surface area (TPSA) is 73.5 Å². The Morgan fingerprint density at radius 3 is 2.18 bits per heavy atom. The van der Waals surface area contributed by atoms with Crippen molar-refractivity contribution in [1.29, 1.82) is 0 Å². The van der Waals surface area contributed by atoms with Gasteiger partial charge in [0.2, 0.25) is 5.91 Å². The smallest absolute Gasteiger partial charge is 0.319 e. The maximum absolute atomic E-state index is 12.6. The zero-order valence-corrected chi connectivity index (χ0v) is 18.7. The largest absolute Gasteiger partial charge is 0.351 e. The molecule has 6 nitrogen and oxygen atoms in total. The molecule has 3 aromatic carbocycles. The van der Waals surface area contributed by atoms with Gasteiger partial charge in [-0.1, -0.05) is 78.9 Å². The summed E-state index contributed by atoms with van der Waals surface area (Å²) in [6.07, 6.45) is 1.64. The van der Waals surface area contributed by atoms with E-state index in [0.29, 0.717) is 13.1 Å². The van der Waals surface area contributed by atoms with Crippen LogP contribution in [0.5, 0.6) is 0 Å². The second kappa shape index (κ2) is 11.3. The highest BCUT2D eigenvalue weighted by Gasteiger charge is 2.22. The van der Waals surface area contributed by atoms with E-state index in [1.165, 1.54) is 0 Å². The van der Waals surface area contributed by atoms with Gasteiger partial charge in [-0.2, -0.15) is 0 Å². The fourth-order valence-electron chi connectivity index (χ4n) is 4.10. The van der Waals surface area contributed by atoms with Crippen LogP contribution >= 0.6 is 0 Å². The molecule has 1 heterocycles. The summed E-state index contributed by atoms with van der Waals surface area (Å²) < 4.78 is 0. The van der Waals surface area contributed by atoms with Crippen LogP contribution in [0.25, 0.3) is 11.1 Å². The number of likely N-dealkylation sites (tertiary alicyclic amines) is 1. The molecule has 3 aromatic rings. The number of rotatable bonds is 7. The monoisotopic (exact) mass is 442 g/mol. The van der Waals surface area contributed by atoms with Crippen LogP contribution in [0.2, 0.25) is 0 Å². The highest BCUT2D eigenvalue weighted by molar-refractivity contribution is 5.94. The number of para-hydroxylation sites is 1. The predicted molar refractivity (Wildman–Crippen MR) is 132 cm³/mol. The Hall–Kier alpha value is -3.64. The summed E-state index contributed by atoms with van der Waals surface area (Å²) in [5, 5.41) is 9.07. The van der Waals surface area contributed by atoms with Crippen molar-refractivity contribution >= 4 is 17.6 Å². The lowest BCUT2D eigenvalue weighted by Gasteiger charge is -2.31. The highest BCUT2D eigenvalue weighted by atomic mass is 16.2. The first-order chi connectivity index (χ1) is 16.2. The van der Waals surface area contributed by atoms with E-state index < -0.39 is 0 Å². The van der Waals surface area contributed by atoms with Crippen molar-refractivity contribution in [3.63, 3.8) is 0 Å². The van der Waals surface area contributed by atoms with Crippen LogP contribution in [0, 0.1) is 0 Å². The number of amides is 3. The molecule has 0 aromatic heterocycles. The first-order valence-corrected chi connectivity index (χ1v) is 11.4. The van der Waals surface area contributed by atoms with Gasteiger partial charge >= 0.3 is 6.03 Å². The van der Waals surface area contributed by atoms with Gasteiger partial charge in [-0.15, -0.1) is 0 Å². The Bertz CT molecular complexity index is 1050. The van der Waals surface area contributed by atoms with Gasteiger partial charge in [0.1, 0.15) is 0 Å². The van der Waals surface area contributed by atoms with E-state index in [0.717, 1.165) is 48.3 Å². The molecule has 0 spiro atoms. The Morgan fingerprint density at radius 1 is 0.818 bits per heavy atom. The predicted octanol–water partition coefficient (Wildman–Crippen LogP) is 4.26. The molecule has 0 unspecified atom stereocenters. The van der Waals surface area contributed by atoms with Gasteiger partial charge in [0.15, 0.2) is 0 Å². The number of urea groups is 1. The molecule has 0 aliphatic carbocycles. The van der Waals surface area contributed by atoms with E-state index in [-0.39, 0.29) is 18.0 Å². The van der Waals surface area contributed by atoms with Crippen LogP contribution in [0.3, 0.4) is 0 Å². The summed E-state index contributed by atoms with van der Waals surface area (Å²) in [5.74, 6) is 0.0283. The lowest BCUT2D eigenvalue weighted by molar-refractivity contribution is -0.122. The van der Waals surface area contributed by atoms with Gasteiger partial charge in [0.05, 0.1) is 12.2 Å². The van der Waals surface area contributed by atoms with Crippen LogP contribution in [-0.4, -0.2) is 42.5 Å². The van der Waals surface area contributed by atoms with E-state index in [9.17, 15) is 9.59 Å². The third kappa shape index (κ3) is 6.67. The highest BCUT2D eigenvalue weighted by Crippen LogP contribution is 2.27. The number of carbonyl (C=O) groups is 2. The Balaban J connectivity index is 1.21. The molecule has 170 valence electrons. The molecule has 1 saturated heterocycles. The standard InChI is InChI=1S/C27H30N4O2/c32-26(28-19-21-9-3-1-4-10-21)20-31-17-15-23(16-18-31)29-27(33)30-25-14-8-7-13-24(25)22-11-5-2-6-12-22/h1-14,23H,15-20H2,(H,28,32)(H2,29,30,33). The fourth-order valence-corrected chi connectivity index (χ4v) is 4.10. The van der Waals surface area contributed by atoms with E-state index in [4.69, 9.17) is 0 Å². The van der Waals surface area contributed by atoms with Gasteiger partial charge in [-0.3, -0.25) is 9.69 Å². The summed E-state index contributed by atoms with van der Waals surface area (Å²) in [7, 11) is 0. The summed E-state index contributed by atoms with van der Waals surface area (Å²) in [6.45, 7) is 2.49.